The minimum atomic E-state index is -1.82. The van der Waals surface area contributed by atoms with Crippen molar-refractivity contribution in [3.8, 4) is 0 Å². The summed E-state index contributed by atoms with van der Waals surface area (Å²) >= 11 is 0. The monoisotopic (exact) mass is 413 g/mol. The van der Waals surface area contributed by atoms with E-state index in [4.69, 9.17) is 36.4 Å². The molecule has 0 aromatic heterocycles. The zero-order valence-electron chi connectivity index (χ0n) is 8.33. The van der Waals surface area contributed by atoms with Crippen molar-refractivity contribution >= 4 is 11.9 Å². The number of aliphatic hydroxyl groups excluding tert-OH is 1. The molecule has 5 N–H and O–H groups in total. The van der Waals surface area contributed by atoms with Gasteiger partial charge in [-0.3, -0.25) is 0 Å². The van der Waals surface area contributed by atoms with E-state index in [0.29, 0.717) is 19.3 Å². The summed E-state index contributed by atoms with van der Waals surface area (Å²) in [6.45, 7) is 0. The maximum atomic E-state index is 9.10. The second-order valence-corrected chi connectivity index (χ2v) is 3.29. The summed E-state index contributed by atoms with van der Waals surface area (Å²) in [5, 5.41) is 23.8. The van der Waals surface area contributed by atoms with Crippen LogP contribution < -0.4 is 0 Å². The predicted molar refractivity (Wildman–Crippen MR) is 51.3 cm³/mol. The SMILES string of the molecule is O=C(O)C(=O)O.[NH-]C1CCC(O)CC1[NH-].[Pt+2]. The molecular formula is C8H14N2O5Pt. The topological polar surface area (TPSA) is 142 Å². The Hall–Kier alpha value is -0.492. The van der Waals surface area contributed by atoms with Crippen molar-refractivity contribution in [1.82, 2.24) is 0 Å². The Morgan fingerprint density at radius 1 is 1.00 bits per heavy atom. The van der Waals surface area contributed by atoms with Crippen molar-refractivity contribution in [3.05, 3.63) is 11.5 Å². The van der Waals surface area contributed by atoms with Crippen molar-refractivity contribution in [2.24, 2.45) is 0 Å². The van der Waals surface area contributed by atoms with Gasteiger partial charge in [-0.1, -0.05) is 6.42 Å². The molecule has 0 aromatic carbocycles. The van der Waals surface area contributed by atoms with Crippen molar-refractivity contribution in [2.75, 3.05) is 0 Å². The normalized spacial score (nSPS) is 28.1. The number of hydrogen-bond acceptors (Lipinski definition) is 3. The fourth-order valence-corrected chi connectivity index (χ4v) is 1.15. The molecule has 0 amide bonds. The Morgan fingerprint density at radius 2 is 1.44 bits per heavy atom. The van der Waals surface area contributed by atoms with E-state index in [1.807, 2.05) is 0 Å². The molecule has 1 aliphatic carbocycles. The number of rotatable bonds is 0. The molecule has 96 valence electrons. The fraction of sp³-hybridized carbons (Fsp3) is 0.750. The number of carbonyl (C=O) groups is 2. The molecule has 1 fully saturated rings. The summed E-state index contributed by atoms with van der Waals surface area (Å²) in [4.78, 5) is 18.2. The van der Waals surface area contributed by atoms with E-state index in [0.717, 1.165) is 0 Å². The van der Waals surface area contributed by atoms with Crippen LogP contribution in [0.1, 0.15) is 19.3 Å². The maximum Gasteiger partial charge on any atom is 2.00 e. The Labute approximate surface area is 107 Å². The molecule has 0 bridgehead atoms. The minimum absolute atomic E-state index is 0. The van der Waals surface area contributed by atoms with Gasteiger partial charge in [0.05, 0.1) is 6.10 Å². The van der Waals surface area contributed by atoms with Gasteiger partial charge in [-0.05, 0) is 12.8 Å². The fourth-order valence-electron chi connectivity index (χ4n) is 1.15. The van der Waals surface area contributed by atoms with E-state index in [9.17, 15) is 0 Å². The molecule has 16 heavy (non-hydrogen) atoms. The van der Waals surface area contributed by atoms with Crippen LogP contribution in [0.5, 0.6) is 0 Å². The van der Waals surface area contributed by atoms with Crippen LogP contribution in [0.2, 0.25) is 0 Å². The molecule has 3 unspecified atom stereocenters. The van der Waals surface area contributed by atoms with E-state index in [2.05, 4.69) is 0 Å². The van der Waals surface area contributed by atoms with Crippen molar-refractivity contribution in [2.45, 2.75) is 37.5 Å². The Balaban J connectivity index is 0. The van der Waals surface area contributed by atoms with Gasteiger partial charge in [-0.15, -0.1) is 0 Å². The molecule has 7 nitrogen and oxygen atoms in total. The first-order valence-electron chi connectivity index (χ1n) is 4.41. The van der Waals surface area contributed by atoms with Gasteiger partial charge in [0.25, 0.3) is 0 Å². The molecule has 0 radical (unpaired) electrons. The van der Waals surface area contributed by atoms with Crippen LogP contribution in [0.15, 0.2) is 0 Å². The van der Waals surface area contributed by atoms with E-state index in [1.165, 1.54) is 0 Å². The van der Waals surface area contributed by atoms with Crippen LogP contribution in [0.25, 0.3) is 11.5 Å². The zero-order chi connectivity index (χ0) is 12.0. The second-order valence-electron chi connectivity index (χ2n) is 3.29. The van der Waals surface area contributed by atoms with Gasteiger partial charge in [0.1, 0.15) is 0 Å². The summed E-state index contributed by atoms with van der Waals surface area (Å²) in [7, 11) is 0. The van der Waals surface area contributed by atoms with Crippen LogP contribution in [0.3, 0.4) is 0 Å². The smallest absolute Gasteiger partial charge is 0.676 e. The minimum Gasteiger partial charge on any atom is -0.676 e. The third kappa shape index (κ3) is 7.76. The Morgan fingerprint density at radius 3 is 1.69 bits per heavy atom. The second kappa shape index (κ2) is 8.64. The van der Waals surface area contributed by atoms with Crippen molar-refractivity contribution in [1.29, 1.82) is 0 Å². The van der Waals surface area contributed by atoms with E-state index in [-0.39, 0.29) is 39.3 Å². The van der Waals surface area contributed by atoms with Gasteiger partial charge >= 0.3 is 33.0 Å². The average molecular weight is 413 g/mol. The first-order valence-corrected chi connectivity index (χ1v) is 4.41. The summed E-state index contributed by atoms with van der Waals surface area (Å²) in [6, 6.07) is -0.609. The predicted octanol–water partition coefficient (Wildman–Crippen LogP) is 0.526. The molecule has 1 aliphatic rings. The molecule has 1 saturated carbocycles. The van der Waals surface area contributed by atoms with Gasteiger partial charge in [0.15, 0.2) is 0 Å². The zero-order valence-corrected chi connectivity index (χ0v) is 10.6. The summed E-state index contributed by atoms with van der Waals surface area (Å²) in [5.41, 5.74) is 14.5. The van der Waals surface area contributed by atoms with E-state index in [1.54, 1.807) is 0 Å². The van der Waals surface area contributed by atoms with Gasteiger partial charge in [-0.25, -0.2) is 9.59 Å². The number of aliphatic hydroxyl groups is 1. The molecule has 0 aromatic rings. The molecule has 0 heterocycles. The number of nitrogens with one attached hydrogen (secondary N) is 2. The largest absolute Gasteiger partial charge is 2.00 e. The molecule has 8 heteroatoms. The Kier molecular flexibility index (Phi) is 9.66. The van der Waals surface area contributed by atoms with Crippen LogP contribution in [0.4, 0.5) is 0 Å². The molecule has 0 aliphatic heterocycles. The van der Waals surface area contributed by atoms with Crippen LogP contribution >= 0.6 is 0 Å². The van der Waals surface area contributed by atoms with E-state index >= 15 is 0 Å². The van der Waals surface area contributed by atoms with Gasteiger partial charge in [0, 0.05) is 0 Å². The van der Waals surface area contributed by atoms with Crippen LogP contribution in [-0.4, -0.2) is 45.4 Å². The van der Waals surface area contributed by atoms with E-state index < -0.39 is 11.9 Å². The van der Waals surface area contributed by atoms with Crippen LogP contribution in [-0.2, 0) is 30.7 Å². The summed E-state index contributed by atoms with van der Waals surface area (Å²) in [6.07, 6.45) is 1.58. The first-order chi connectivity index (χ1) is 6.84. The van der Waals surface area contributed by atoms with Gasteiger partial charge in [-0.2, -0.15) is 12.1 Å². The van der Waals surface area contributed by atoms with Crippen molar-refractivity contribution in [3.63, 3.8) is 0 Å². The van der Waals surface area contributed by atoms with Gasteiger partial charge in [0.2, 0.25) is 0 Å². The molecule has 0 spiro atoms. The Bertz CT molecular complexity index is 226. The van der Waals surface area contributed by atoms with Crippen LogP contribution in [0, 0.1) is 0 Å². The molecule has 0 saturated heterocycles. The van der Waals surface area contributed by atoms with Gasteiger partial charge < -0.3 is 26.8 Å². The number of carboxylic acid groups (broad SMARTS) is 2. The summed E-state index contributed by atoms with van der Waals surface area (Å²) in [5.74, 6) is -3.65. The number of aliphatic carboxylic acids is 2. The number of hydrogen-bond donors (Lipinski definition) is 3. The summed E-state index contributed by atoms with van der Waals surface area (Å²) < 4.78 is 0. The quantitative estimate of drug-likeness (QED) is 0.497. The standard InChI is InChI=1S/C6H12N2O.C2H2O4.Pt/c7-5-2-1-4(9)3-6(5)8;3-1(4)2(5)6;/h4-9H,1-3H2;(H,3,4)(H,5,6);/q-2;;+2. The third-order valence-electron chi connectivity index (χ3n) is 2.01. The average Bonchev–Trinajstić information content (AvgIpc) is 2.13. The maximum absolute atomic E-state index is 9.10. The molecule has 3 atom stereocenters. The van der Waals surface area contributed by atoms with Crippen molar-refractivity contribution < 1.29 is 46.0 Å². The first kappa shape index (κ1) is 17.9. The molecular weight excluding hydrogens is 399 g/mol. The third-order valence-corrected chi connectivity index (χ3v) is 2.01. The molecule has 1 rings (SSSR count). The number of carboxylic acids is 2.